The van der Waals surface area contributed by atoms with Crippen molar-refractivity contribution >= 4 is 28.3 Å². The van der Waals surface area contributed by atoms with Crippen molar-refractivity contribution in [1.29, 1.82) is 0 Å². The molecule has 1 aromatic heterocycles. The maximum Gasteiger partial charge on any atom is 0.255 e. The lowest BCUT2D eigenvalue weighted by Gasteiger charge is -2.21. The Morgan fingerprint density at radius 1 is 1.13 bits per heavy atom. The van der Waals surface area contributed by atoms with E-state index in [-0.39, 0.29) is 5.91 Å². The average Bonchev–Trinajstić information content (AvgIpc) is 3.05. The zero-order valence-corrected chi connectivity index (χ0v) is 13.3. The number of carbonyl (C=O) groups is 1. The molecule has 0 spiro atoms. The van der Waals surface area contributed by atoms with Crippen LogP contribution in [0.2, 0.25) is 0 Å². The highest BCUT2D eigenvalue weighted by molar-refractivity contribution is 6.05. The Kier molecular flexibility index (Phi) is 4.28. The van der Waals surface area contributed by atoms with Crippen molar-refractivity contribution < 1.29 is 4.79 Å². The number of carbonyl (C=O) groups excluding carboxylic acids is 1. The van der Waals surface area contributed by atoms with Gasteiger partial charge < -0.3 is 15.2 Å². The van der Waals surface area contributed by atoms with E-state index in [1.54, 1.807) is 12.4 Å². The van der Waals surface area contributed by atoms with E-state index in [0.29, 0.717) is 5.56 Å². The first-order chi connectivity index (χ1) is 11.2. The number of H-pyrrole nitrogens is 1. The summed E-state index contributed by atoms with van der Waals surface area (Å²) < 4.78 is 0. The monoisotopic (exact) mass is 308 g/mol. The van der Waals surface area contributed by atoms with E-state index in [4.69, 9.17) is 0 Å². The van der Waals surface area contributed by atoms with E-state index < -0.39 is 0 Å². The normalized spacial score (nSPS) is 10.7. The second kappa shape index (κ2) is 6.52. The molecule has 2 N–H and O–H groups in total. The number of anilines is 2. The topological polar surface area (TPSA) is 61.0 Å². The van der Waals surface area contributed by atoms with Crippen molar-refractivity contribution in [1.82, 2.24) is 9.97 Å². The first kappa shape index (κ1) is 15.1. The largest absolute Gasteiger partial charge is 0.372 e. The standard InChI is InChI=1S/C18H20N4O/c1-3-22(4-2)15-8-6-14(7-9-15)21-18(23)13-5-10-16-17(11-13)20-12-19-16/h5-12H,3-4H2,1-2H3,(H,19,20)(H,21,23). The number of aromatic amines is 1. The number of aromatic nitrogens is 2. The van der Waals surface area contributed by atoms with Crippen LogP contribution < -0.4 is 10.2 Å². The summed E-state index contributed by atoms with van der Waals surface area (Å²) in [7, 11) is 0. The fourth-order valence-corrected chi connectivity index (χ4v) is 2.62. The number of rotatable bonds is 5. The summed E-state index contributed by atoms with van der Waals surface area (Å²) in [5, 5.41) is 2.93. The van der Waals surface area contributed by atoms with Crippen LogP contribution in [-0.4, -0.2) is 29.0 Å². The van der Waals surface area contributed by atoms with Crippen LogP contribution in [0.5, 0.6) is 0 Å². The fourth-order valence-electron chi connectivity index (χ4n) is 2.62. The van der Waals surface area contributed by atoms with Crippen LogP contribution in [-0.2, 0) is 0 Å². The Morgan fingerprint density at radius 2 is 1.87 bits per heavy atom. The van der Waals surface area contributed by atoms with Gasteiger partial charge in [0.25, 0.3) is 5.91 Å². The minimum absolute atomic E-state index is 0.128. The molecule has 23 heavy (non-hydrogen) atoms. The maximum atomic E-state index is 12.4. The molecule has 5 nitrogen and oxygen atoms in total. The molecule has 0 aliphatic heterocycles. The van der Waals surface area contributed by atoms with Gasteiger partial charge in [0.1, 0.15) is 0 Å². The molecule has 0 atom stereocenters. The van der Waals surface area contributed by atoms with Crippen molar-refractivity contribution in [2.45, 2.75) is 13.8 Å². The molecule has 0 bridgehead atoms. The van der Waals surface area contributed by atoms with Gasteiger partial charge in [0.15, 0.2) is 0 Å². The number of amides is 1. The zero-order valence-electron chi connectivity index (χ0n) is 13.3. The lowest BCUT2D eigenvalue weighted by Crippen LogP contribution is -2.21. The molecule has 5 heteroatoms. The second-order valence-corrected chi connectivity index (χ2v) is 5.31. The molecule has 0 unspecified atom stereocenters. The Balaban J connectivity index is 1.74. The van der Waals surface area contributed by atoms with Gasteiger partial charge in [-0.25, -0.2) is 4.98 Å². The SMILES string of the molecule is CCN(CC)c1ccc(NC(=O)c2ccc3nc[nH]c3c2)cc1. The maximum absolute atomic E-state index is 12.4. The van der Waals surface area contributed by atoms with E-state index >= 15 is 0 Å². The number of nitrogens with one attached hydrogen (secondary N) is 2. The van der Waals surface area contributed by atoms with Crippen LogP contribution in [0.25, 0.3) is 11.0 Å². The molecular formula is C18H20N4O. The van der Waals surface area contributed by atoms with Gasteiger partial charge in [-0.05, 0) is 56.3 Å². The molecule has 0 fully saturated rings. The molecule has 0 radical (unpaired) electrons. The third-order valence-corrected chi connectivity index (χ3v) is 3.94. The van der Waals surface area contributed by atoms with Crippen molar-refractivity contribution in [2.75, 3.05) is 23.3 Å². The van der Waals surface area contributed by atoms with Crippen LogP contribution in [0.4, 0.5) is 11.4 Å². The zero-order chi connectivity index (χ0) is 16.2. The molecule has 1 heterocycles. The highest BCUT2D eigenvalue weighted by atomic mass is 16.1. The number of imidazole rings is 1. The Hall–Kier alpha value is -2.82. The summed E-state index contributed by atoms with van der Waals surface area (Å²) >= 11 is 0. The first-order valence-corrected chi connectivity index (χ1v) is 7.80. The lowest BCUT2D eigenvalue weighted by molar-refractivity contribution is 0.102. The highest BCUT2D eigenvalue weighted by Crippen LogP contribution is 2.19. The number of fused-ring (bicyclic) bond motifs is 1. The molecule has 0 saturated carbocycles. The number of hydrogen-bond acceptors (Lipinski definition) is 3. The summed E-state index contributed by atoms with van der Waals surface area (Å²) in [5.74, 6) is -0.128. The van der Waals surface area contributed by atoms with E-state index in [0.717, 1.165) is 35.5 Å². The van der Waals surface area contributed by atoms with Crippen LogP contribution in [0.15, 0.2) is 48.8 Å². The third kappa shape index (κ3) is 3.18. The van der Waals surface area contributed by atoms with Gasteiger partial charge in [-0.1, -0.05) is 0 Å². The molecular weight excluding hydrogens is 288 g/mol. The van der Waals surface area contributed by atoms with Gasteiger partial charge in [0.2, 0.25) is 0 Å². The molecule has 1 amide bonds. The second-order valence-electron chi connectivity index (χ2n) is 5.31. The number of nitrogens with zero attached hydrogens (tertiary/aromatic N) is 2. The van der Waals surface area contributed by atoms with Crippen molar-refractivity contribution in [3.05, 3.63) is 54.4 Å². The van der Waals surface area contributed by atoms with Crippen LogP contribution in [0, 0.1) is 0 Å². The summed E-state index contributed by atoms with van der Waals surface area (Å²) in [5.41, 5.74) is 4.26. The summed E-state index contributed by atoms with van der Waals surface area (Å²) in [6.07, 6.45) is 1.62. The van der Waals surface area contributed by atoms with E-state index in [2.05, 4.69) is 34.0 Å². The predicted octanol–water partition coefficient (Wildman–Crippen LogP) is 3.66. The van der Waals surface area contributed by atoms with Gasteiger partial charge in [-0.3, -0.25) is 4.79 Å². The van der Waals surface area contributed by atoms with Crippen LogP contribution in [0.3, 0.4) is 0 Å². The van der Waals surface area contributed by atoms with Gasteiger partial charge in [0.05, 0.1) is 17.4 Å². The predicted molar refractivity (Wildman–Crippen MR) is 94.0 cm³/mol. The van der Waals surface area contributed by atoms with Gasteiger partial charge in [-0.2, -0.15) is 0 Å². The van der Waals surface area contributed by atoms with Gasteiger partial charge >= 0.3 is 0 Å². The molecule has 118 valence electrons. The quantitative estimate of drug-likeness (QED) is 0.756. The smallest absolute Gasteiger partial charge is 0.255 e. The van der Waals surface area contributed by atoms with Gasteiger partial charge in [0, 0.05) is 30.0 Å². The first-order valence-electron chi connectivity index (χ1n) is 7.80. The Morgan fingerprint density at radius 3 is 2.57 bits per heavy atom. The summed E-state index contributed by atoms with van der Waals surface area (Å²) in [6.45, 7) is 6.19. The molecule has 3 rings (SSSR count). The lowest BCUT2D eigenvalue weighted by atomic mass is 10.2. The molecule has 0 aliphatic rings. The van der Waals surface area contributed by atoms with Gasteiger partial charge in [-0.15, -0.1) is 0 Å². The fraction of sp³-hybridized carbons (Fsp3) is 0.222. The summed E-state index contributed by atoms with van der Waals surface area (Å²) in [6, 6.07) is 13.3. The minimum atomic E-state index is -0.128. The van der Waals surface area contributed by atoms with E-state index in [9.17, 15) is 4.79 Å². The van der Waals surface area contributed by atoms with E-state index in [1.807, 2.05) is 36.4 Å². The summed E-state index contributed by atoms with van der Waals surface area (Å²) in [4.78, 5) is 21.8. The molecule has 3 aromatic rings. The van der Waals surface area contributed by atoms with Crippen molar-refractivity contribution in [3.8, 4) is 0 Å². The van der Waals surface area contributed by atoms with Crippen molar-refractivity contribution in [2.24, 2.45) is 0 Å². The van der Waals surface area contributed by atoms with Crippen LogP contribution in [0.1, 0.15) is 24.2 Å². The minimum Gasteiger partial charge on any atom is -0.372 e. The number of hydrogen-bond donors (Lipinski definition) is 2. The Bertz CT molecular complexity index is 803. The molecule has 2 aromatic carbocycles. The highest BCUT2D eigenvalue weighted by Gasteiger charge is 2.08. The number of benzene rings is 2. The average molecular weight is 308 g/mol. The van der Waals surface area contributed by atoms with E-state index in [1.165, 1.54) is 0 Å². The molecule has 0 saturated heterocycles. The molecule has 0 aliphatic carbocycles. The van der Waals surface area contributed by atoms with Crippen LogP contribution >= 0.6 is 0 Å². The Labute approximate surface area is 135 Å². The third-order valence-electron chi connectivity index (χ3n) is 3.94. The van der Waals surface area contributed by atoms with Crippen molar-refractivity contribution in [3.63, 3.8) is 0 Å².